The molecule has 3 rings (SSSR count). The van der Waals surface area contributed by atoms with E-state index in [4.69, 9.17) is 11.6 Å². The van der Waals surface area contributed by atoms with E-state index in [1.165, 1.54) is 24.3 Å². The van der Waals surface area contributed by atoms with Crippen molar-refractivity contribution in [3.05, 3.63) is 91.5 Å². The summed E-state index contributed by atoms with van der Waals surface area (Å²) in [5.74, 6) is -1.28. The van der Waals surface area contributed by atoms with Crippen molar-refractivity contribution in [2.45, 2.75) is 19.9 Å². The van der Waals surface area contributed by atoms with Crippen LogP contribution in [0.4, 0.5) is 4.39 Å². The average molecular weight is 417 g/mol. The molecule has 1 heterocycles. The van der Waals surface area contributed by atoms with Crippen LogP contribution in [-0.2, 0) is 6.54 Å². The lowest BCUT2D eigenvalue weighted by molar-refractivity contribution is 0.0944. The van der Waals surface area contributed by atoms with Gasteiger partial charge in [-0.1, -0.05) is 42.8 Å². The molecule has 3 aromatic rings. The first-order valence-electron chi connectivity index (χ1n) is 8.94. The molecule has 2 aromatic carbocycles. The van der Waals surface area contributed by atoms with Gasteiger partial charge in [0.25, 0.3) is 11.5 Å². The minimum absolute atomic E-state index is 0.135. The maximum Gasteiger partial charge on any atom is 0.352 e. The van der Waals surface area contributed by atoms with Crippen molar-refractivity contribution in [1.82, 2.24) is 19.7 Å². The van der Waals surface area contributed by atoms with E-state index >= 15 is 0 Å². The van der Waals surface area contributed by atoms with E-state index in [1.54, 1.807) is 24.3 Å². The average Bonchev–Trinajstić information content (AvgIpc) is 2.70. The van der Waals surface area contributed by atoms with Gasteiger partial charge >= 0.3 is 5.69 Å². The van der Waals surface area contributed by atoms with Crippen LogP contribution in [0, 0.1) is 5.82 Å². The standard InChI is InChI=1S/C20H18ClFN4O3/c1-2-10-23-18(27)17-19(28)25(12-13-6-3-4-9-16(13)22)20(29)26(24-17)15-8-5-7-14(21)11-15/h3-9,11H,2,10,12H2,1H3,(H,23,27). The third kappa shape index (κ3) is 4.43. The topological polar surface area (TPSA) is 86.0 Å². The van der Waals surface area contributed by atoms with Gasteiger partial charge in [0.2, 0.25) is 5.69 Å². The Kier molecular flexibility index (Phi) is 6.23. The lowest BCUT2D eigenvalue weighted by Gasteiger charge is -2.12. The Labute approximate surface area is 170 Å². The highest BCUT2D eigenvalue weighted by Gasteiger charge is 2.21. The minimum Gasteiger partial charge on any atom is -0.350 e. The summed E-state index contributed by atoms with van der Waals surface area (Å²) < 4.78 is 15.8. The zero-order valence-electron chi connectivity index (χ0n) is 15.6. The van der Waals surface area contributed by atoms with Crippen LogP contribution in [-0.4, -0.2) is 26.8 Å². The fourth-order valence-corrected chi connectivity index (χ4v) is 2.88. The second-order valence-corrected chi connectivity index (χ2v) is 6.70. The van der Waals surface area contributed by atoms with E-state index in [-0.39, 0.29) is 17.8 Å². The van der Waals surface area contributed by atoms with Crippen molar-refractivity contribution in [1.29, 1.82) is 0 Å². The molecule has 0 unspecified atom stereocenters. The molecule has 0 aliphatic carbocycles. The number of halogens is 2. The Morgan fingerprint density at radius 1 is 1.17 bits per heavy atom. The van der Waals surface area contributed by atoms with Crippen molar-refractivity contribution in [3.8, 4) is 5.69 Å². The van der Waals surface area contributed by atoms with Crippen molar-refractivity contribution in [2.75, 3.05) is 6.54 Å². The smallest absolute Gasteiger partial charge is 0.350 e. The summed E-state index contributed by atoms with van der Waals surface area (Å²) in [6.45, 7) is 1.85. The molecular weight excluding hydrogens is 399 g/mol. The first kappa shape index (κ1) is 20.5. The molecule has 7 nitrogen and oxygen atoms in total. The highest BCUT2D eigenvalue weighted by atomic mass is 35.5. The molecule has 0 saturated carbocycles. The van der Waals surface area contributed by atoms with Crippen LogP contribution in [0.1, 0.15) is 29.4 Å². The Bertz CT molecular complexity index is 1170. The van der Waals surface area contributed by atoms with Crippen LogP contribution >= 0.6 is 11.6 Å². The Morgan fingerprint density at radius 3 is 2.62 bits per heavy atom. The molecule has 9 heteroatoms. The first-order valence-corrected chi connectivity index (χ1v) is 9.32. The summed E-state index contributed by atoms with van der Waals surface area (Å²) in [5, 5.41) is 6.89. The molecule has 0 bridgehead atoms. The van der Waals surface area contributed by atoms with Gasteiger partial charge in [-0.05, 0) is 30.7 Å². The fourth-order valence-electron chi connectivity index (χ4n) is 2.69. The Balaban J connectivity index is 2.21. The molecule has 150 valence electrons. The predicted molar refractivity (Wildman–Crippen MR) is 107 cm³/mol. The second kappa shape index (κ2) is 8.83. The molecule has 0 radical (unpaired) electrons. The molecule has 29 heavy (non-hydrogen) atoms. The Hall–Kier alpha value is -3.26. The zero-order valence-corrected chi connectivity index (χ0v) is 16.3. The van der Waals surface area contributed by atoms with Crippen LogP contribution in [0.3, 0.4) is 0 Å². The summed E-state index contributed by atoms with van der Waals surface area (Å²) in [7, 11) is 0. The molecule has 1 N–H and O–H groups in total. The van der Waals surface area contributed by atoms with E-state index in [0.29, 0.717) is 18.0 Å². The molecule has 0 atom stereocenters. The van der Waals surface area contributed by atoms with Gasteiger partial charge in [0, 0.05) is 17.1 Å². The van der Waals surface area contributed by atoms with Gasteiger partial charge in [0.1, 0.15) is 5.82 Å². The number of rotatable bonds is 6. The second-order valence-electron chi connectivity index (χ2n) is 6.26. The quantitative estimate of drug-likeness (QED) is 0.668. The number of benzene rings is 2. The molecule has 0 aliphatic rings. The summed E-state index contributed by atoms with van der Waals surface area (Å²) in [6, 6.07) is 12.0. The molecule has 0 fully saturated rings. The number of hydrogen-bond acceptors (Lipinski definition) is 4. The fraction of sp³-hybridized carbons (Fsp3) is 0.200. The molecule has 1 amide bonds. The van der Waals surface area contributed by atoms with Crippen LogP contribution in [0.25, 0.3) is 5.69 Å². The van der Waals surface area contributed by atoms with Crippen molar-refractivity contribution in [2.24, 2.45) is 0 Å². The number of nitrogens with zero attached hydrogens (tertiary/aromatic N) is 3. The van der Waals surface area contributed by atoms with E-state index in [0.717, 1.165) is 9.25 Å². The third-order valence-corrected chi connectivity index (χ3v) is 4.38. The van der Waals surface area contributed by atoms with Gasteiger partial charge in [0.15, 0.2) is 0 Å². The van der Waals surface area contributed by atoms with Gasteiger partial charge in [-0.2, -0.15) is 9.78 Å². The maximum absolute atomic E-state index is 14.1. The lowest BCUT2D eigenvalue weighted by atomic mass is 10.2. The van der Waals surface area contributed by atoms with Crippen LogP contribution in [0.2, 0.25) is 5.02 Å². The SMILES string of the molecule is CCCNC(=O)c1nn(-c2cccc(Cl)c2)c(=O)n(Cc2ccccc2F)c1=O. The zero-order chi connectivity index (χ0) is 21.0. The van der Waals surface area contributed by atoms with E-state index in [9.17, 15) is 18.8 Å². The largest absolute Gasteiger partial charge is 0.352 e. The predicted octanol–water partition coefficient (Wildman–Crippen LogP) is 2.37. The Morgan fingerprint density at radius 2 is 1.93 bits per heavy atom. The van der Waals surface area contributed by atoms with Gasteiger partial charge in [0.05, 0.1) is 12.2 Å². The van der Waals surface area contributed by atoms with E-state index in [2.05, 4.69) is 10.4 Å². The summed E-state index contributed by atoms with van der Waals surface area (Å²) in [6.07, 6.45) is 0.656. The number of carbonyl (C=O) groups is 1. The van der Waals surface area contributed by atoms with Gasteiger partial charge < -0.3 is 5.32 Å². The summed E-state index contributed by atoms with van der Waals surface area (Å²) >= 11 is 6.00. The highest BCUT2D eigenvalue weighted by Crippen LogP contribution is 2.13. The molecule has 0 aliphatic heterocycles. The third-order valence-electron chi connectivity index (χ3n) is 4.15. The summed E-state index contributed by atoms with van der Waals surface area (Å²) in [4.78, 5) is 38.3. The van der Waals surface area contributed by atoms with E-state index in [1.807, 2.05) is 6.92 Å². The number of amides is 1. The monoisotopic (exact) mass is 416 g/mol. The van der Waals surface area contributed by atoms with Crippen molar-refractivity contribution >= 4 is 17.5 Å². The number of carbonyl (C=O) groups excluding carboxylic acids is 1. The molecule has 0 saturated heterocycles. The maximum atomic E-state index is 14.1. The van der Waals surface area contributed by atoms with Crippen LogP contribution in [0.5, 0.6) is 0 Å². The normalized spacial score (nSPS) is 10.7. The molecule has 0 spiro atoms. The number of hydrogen-bond donors (Lipinski definition) is 1. The van der Waals surface area contributed by atoms with Crippen molar-refractivity contribution in [3.63, 3.8) is 0 Å². The molecular formula is C20H18ClFN4O3. The van der Waals surface area contributed by atoms with Crippen LogP contribution in [0.15, 0.2) is 58.1 Å². The van der Waals surface area contributed by atoms with Crippen LogP contribution < -0.4 is 16.6 Å². The van der Waals surface area contributed by atoms with Gasteiger partial charge in [-0.3, -0.25) is 14.2 Å². The van der Waals surface area contributed by atoms with Gasteiger partial charge in [-0.15, -0.1) is 0 Å². The number of aromatic nitrogens is 3. The van der Waals surface area contributed by atoms with E-state index < -0.39 is 28.7 Å². The lowest BCUT2D eigenvalue weighted by Crippen LogP contribution is -2.46. The number of nitrogens with one attached hydrogen (secondary N) is 1. The van der Waals surface area contributed by atoms with Crippen molar-refractivity contribution < 1.29 is 9.18 Å². The summed E-state index contributed by atoms with van der Waals surface area (Å²) in [5.41, 5.74) is -1.77. The highest BCUT2D eigenvalue weighted by molar-refractivity contribution is 6.30. The molecule has 1 aromatic heterocycles. The first-order chi connectivity index (χ1) is 13.9. The minimum atomic E-state index is -0.898. The van der Waals surface area contributed by atoms with Gasteiger partial charge in [-0.25, -0.2) is 9.18 Å².